The van der Waals surface area contributed by atoms with E-state index >= 15 is 0 Å². The first-order valence-corrected chi connectivity index (χ1v) is 8.15. The Balaban J connectivity index is 1.97. The number of likely N-dealkylation sites (tertiary alicyclic amines) is 1. The van der Waals surface area contributed by atoms with Crippen molar-refractivity contribution >= 4 is 21.8 Å². The summed E-state index contributed by atoms with van der Waals surface area (Å²) < 4.78 is 6.54. The summed E-state index contributed by atoms with van der Waals surface area (Å²) in [5, 5.41) is 0. The van der Waals surface area contributed by atoms with E-state index in [0.29, 0.717) is 19.1 Å². The fourth-order valence-electron chi connectivity index (χ4n) is 3.35. The van der Waals surface area contributed by atoms with Gasteiger partial charge in [-0.1, -0.05) is 28.1 Å². The molecule has 4 heteroatoms. The average molecular weight is 338 g/mol. The number of carbonyl (C=O) groups excluding carboxylic acids is 1. The predicted molar refractivity (Wildman–Crippen MR) is 81.7 cm³/mol. The molecule has 0 aromatic heterocycles. The molecule has 2 aliphatic heterocycles. The largest absolute Gasteiger partial charge is 0.381 e. The molecule has 2 aliphatic rings. The summed E-state index contributed by atoms with van der Waals surface area (Å²) in [7, 11) is 0. The summed E-state index contributed by atoms with van der Waals surface area (Å²) in [4.78, 5) is 15.1. The van der Waals surface area contributed by atoms with Gasteiger partial charge in [-0.05, 0) is 43.4 Å². The van der Waals surface area contributed by atoms with Crippen molar-refractivity contribution in [1.29, 1.82) is 0 Å². The van der Waals surface area contributed by atoms with Crippen LogP contribution in [0.3, 0.4) is 0 Å². The molecule has 0 aliphatic carbocycles. The number of amides is 1. The first-order valence-electron chi connectivity index (χ1n) is 7.35. The summed E-state index contributed by atoms with van der Waals surface area (Å²) >= 11 is 3.53. The Morgan fingerprint density at radius 3 is 2.55 bits per heavy atom. The summed E-state index contributed by atoms with van der Waals surface area (Å²) in [6.45, 7) is 3.17. The first-order chi connectivity index (χ1) is 9.72. The molecule has 0 bridgehead atoms. The fraction of sp³-hybridized carbons (Fsp3) is 0.562. The summed E-state index contributed by atoms with van der Waals surface area (Å²) in [5.41, 5.74) is 0.749. The molecule has 0 radical (unpaired) electrons. The highest BCUT2D eigenvalue weighted by molar-refractivity contribution is 9.10. The number of halogens is 1. The SMILES string of the molecule is O=C(N1CCCC1)C1(c2cccc(Br)c2)CCOCC1. The van der Waals surface area contributed by atoms with Crippen LogP contribution in [0.15, 0.2) is 28.7 Å². The Hall–Kier alpha value is -0.870. The Labute approximate surface area is 128 Å². The number of nitrogens with zero attached hydrogens (tertiary/aromatic N) is 1. The summed E-state index contributed by atoms with van der Waals surface area (Å²) in [5.74, 6) is 0.302. The third kappa shape index (κ3) is 2.51. The van der Waals surface area contributed by atoms with Gasteiger partial charge in [-0.15, -0.1) is 0 Å². The minimum atomic E-state index is -0.383. The van der Waals surface area contributed by atoms with E-state index < -0.39 is 0 Å². The maximum absolute atomic E-state index is 13.1. The van der Waals surface area contributed by atoms with Gasteiger partial charge in [0.1, 0.15) is 0 Å². The fourth-order valence-corrected chi connectivity index (χ4v) is 3.75. The molecule has 0 unspecified atom stereocenters. The van der Waals surface area contributed by atoms with Crippen LogP contribution in [-0.2, 0) is 14.9 Å². The highest BCUT2D eigenvalue weighted by atomic mass is 79.9. The summed E-state index contributed by atoms with van der Waals surface area (Å²) in [6.07, 6.45) is 3.85. The van der Waals surface area contributed by atoms with Gasteiger partial charge >= 0.3 is 0 Å². The standard InChI is InChI=1S/C16H20BrNO2/c17-14-5-3-4-13(12-14)16(6-10-20-11-7-16)15(19)18-8-1-2-9-18/h3-5,12H,1-2,6-11H2. The zero-order chi connectivity index (χ0) is 14.0. The molecule has 1 aromatic carbocycles. The number of carbonyl (C=O) groups is 1. The third-order valence-electron chi connectivity index (χ3n) is 4.53. The van der Waals surface area contributed by atoms with Crippen LogP contribution < -0.4 is 0 Å². The number of benzene rings is 1. The quantitative estimate of drug-likeness (QED) is 0.829. The number of hydrogen-bond acceptors (Lipinski definition) is 2. The molecular formula is C16H20BrNO2. The van der Waals surface area contributed by atoms with Crippen molar-refractivity contribution in [3.8, 4) is 0 Å². The van der Waals surface area contributed by atoms with Crippen molar-refractivity contribution in [2.24, 2.45) is 0 Å². The molecule has 0 saturated carbocycles. The van der Waals surface area contributed by atoms with E-state index in [1.165, 1.54) is 0 Å². The maximum atomic E-state index is 13.1. The van der Waals surface area contributed by atoms with Gasteiger partial charge in [0.2, 0.25) is 5.91 Å². The van der Waals surface area contributed by atoms with Gasteiger partial charge in [0.15, 0.2) is 0 Å². The lowest BCUT2D eigenvalue weighted by atomic mass is 9.73. The Bertz CT molecular complexity index is 491. The van der Waals surface area contributed by atoms with E-state index in [1.807, 2.05) is 17.0 Å². The monoisotopic (exact) mass is 337 g/mol. The minimum absolute atomic E-state index is 0.302. The van der Waals surface area contributed by atoms with Crippen molar-refractivity contribution in [2.45, 2.75) is 31.1 Å². The molecule has 20 heavy (non-hydrogen) atoms. The van der Waals surface area contributed by atoms with Gasteiger partial charge in [-0.3, -0.25) is 4.79 Å². The van der Waals surface area contributed by atoms with Crippen LogP contribution in [-0.4, -0.2) is 37.1 Å². The Morgan fingerprint density at radius 1 is 1.20 bits per heavy atom. The van der Waals surface area contributed by atoms with Crippen LogP contribution in [0.25, 0.3) is 0 Å². The average Bonchev–Trinajstić information content (AvgIpc) is 3.01. The molecule has 0 atom stereocenters. The van der Waals surface area contributed by atoms with Crippen molar-refractivity contribution in [3.63, 3.8) is 0 Å². The van der Waals surface area contributed by atoms with E-state index in [0.717, 1.165) is 48.8 Å². The van der Waals surface area contributed by atoms with Crippen LogP contribution in [0.5, 0.6) is 0 Å². The van der Waals surface area contributed by atoms with Gasteiger partial charge in [0, 0.05) is 30.8 Å². The molecule has 2 saturated heterocycles. The van der Waals surface area contributed by atoms with Gasteiger partial charge in [0.25, 0.3) is 0 Å². The molecule has 0 N–H and O–H groups in total. The van der Waals surface area contributed by atoms with E-state index in [9.17, 15) is 4.79 Å². The number of rotatable bonds is 2. The minimum Gasteiger partial charge on any atom is -0.381 e. The van der Waals surface area contributed by atoms with Gasteiger partial charge in [0.05, 0.1) is 5.41 Å². The maximum Gasteiger partial charge on any atom is 0.233 e. The summed E-state index contributed by atoms with van der Waals surface area (Å²) in [6, 6.07) is 8.22. The highest BCUT2D eigenvalue weighted by Crippen LogP contribution is 2.38. The van der Waals surface area contributed by atoms with Crippen LogP contribution >= 0.6 is 15.9 Å². The van der Waals surface area contributed by atoms with Crippen LogP contribution in [0.2, 0.25) is 0 Å². The van der Waals surface area contributed by atoms with Gasteiger partial charge < -0.3 is 9.64 Å². The predicted octanol–water partition coefficient (Wildman–Crippen LogP) is 3.12. The van der Waals surface area contributed by atoms with Gasteiger partial charge in [-0.2, -0.15) is 0 Å². The molecular weight excluding hydrogens is 318 g/mol. The lowest BCUT2D eigenvalue weighted by molar-refractivity contribution is -0.140. The molecule has 2 heterocycles. The molecule has 3 rings (SSSR count). The second-order valence-electron chi connectivity index (χ2n) is 5.70. The zero-order valence-corrected chi connectivity index (χ0v) is 13.2. The molecule has 3 nitrogen and oxygen atoms in total. The highest BCUT2D eigenvalue weighted by Gasteiger charge is 2.44. The van der Waals surface area contributed by atoms with E-state index in [-0.39, 0.29) is 5.41 Å². The Kier molecular flexibility index (Phi) is 4.13. The van der Waals surface area contributed by atoms with E-state index in [1.54, 1.807) is 0 Å². The second kappa shape index (κ2) is 5.86. The van der Waals surface area contributed by atoms with Crippen LogP contribution in [0.4, 0.5) is 0 Å². The van der Waals surface area contributed by atoms with Crippen molar-refractivity contribution < 1.29 is 9.53 Å². The molecule has 1 amide bonds. The number of hydrogen-bond donors (Lipinski definition) is 0. The topological polar surface area (TPSA) is 29.5 Å². The van der Waals surface area contributed by atoms with E-state index in [2.05, 4.69) is 28.1 Å². The van der Waals surface area contributed by atoms with Crippen molar-refractivity contribution in [1.82, 2.24) is 4.90 Å². The molecule has 1 aromatic rings. The lowest BCUT2D eigenvalue weighted by Crippen LogP contribution is -2.49. The molecule has 108 valence electrons. The van der Waals surface area contributed by atoms with Crippen LogP contribution in [0, 0.1) is 0 Å². The second-order valence-corrected chi connectivity index (χ2v) is 6.62. The third-order valence-corrected chi connectivity index (χ3v) is 5.02. The Morgan fingerprint density at radius 2 is 1.90 bits per heavy atom. The normalized spacial score (nSPS) is 21.9. The van der Waals surface area contributed by atoms with Crippen molar-refractivity contribution in [2.75, 3.05) is 26.3 Å². The first kappa shape index (κ1) is 14.1. The number of ether oxygens (including phenoxy) is 1. The lowest BCUT2D eigenvalue weighted by Gasteiger charge is -2.39. The van der Waals surface area contributed by atoms with Gasteiger partial charge in [-0.25, -0.2) is 0 Å². The van der Waals surface area contributed by atoms with E-state index in [4.69, 9.17) is 4.74 Å². The van der Waals surface area contributed by atoms with Crippen molar-refractivity contribution in [3.05, 3.63) is 34.3 Å². The van der Waals surface area contributed by atoms with Crippen LogP contribution in [0.1, 0.15) is 31.2 Å². The zero-order valence-electron chi connectivity index (χ0n) is 11.6. The smallest absolute Gasteiger partial charge is 0.233 e. The molecule has 0 spiro atoms. The molecule has 2 fully saturated rings.